The number of benzene rings is 1. The van der Waals surface area contributed by atoms with Gasteiger partial charge in [0.05, 0.1) is 5.69 Å². The second-order valence-electron chi connectivity index (χ2n) is 7.61. The highest BCUT2D eigenvalue weighted by atomic mass is 32.1. The van der Waals surface area contributed by atoms with E-state index in [0.717, 1.165) is 12.0 Å². The average Bonchev–Trinajstić information content (AvgIpc) is 2.82. The summed E-state index contributed by atoms with van der Waals surface area (Å²) in [6.07, 6.45) is 0.838. The fourth-order valence-electron chi connectivity index (χ4n) is 3.47. The number of ether oxygens (including phenoxy) is 1. The lowest BCUT2D eigenvalue weighted by Crippen LogP contribution is -2.54. The van der Waals surface area contributed by atoms with Crippen molar-refractivity contribution in [3.05, 3.63) is 40.8 Å². The Hall–Kier alpha value is -2.05. The summed E-state index contributed by atoms with van der Waals surface area (Å²) in [7, 11) is 0. The van der Waals surface area contributed by atoms with Crippen molar-refractivity contribution in [1.82, 2.24) is 5.32 Å². The van der Waals surface area contributed by atoms with Gasteiger partial charge in [-0.15, -0.1) is 11.3 Å². The number of fused-ring (bicyclic) bond motifs is 1. The molecule has 1 aliphatic heterocycles. The maximum absolute atomic E-state index is 12.2. The van der Waals surface area contributed by atoms with Gasteiger partial charge in [0.2, 0.25) is 0 Å². The Bertz CT molecular complexity index is 781. The fraction of sp³-hybridized carbons (Fsp3) is 0.421. The summed E-state index contributed by atoms with van der Waals surface area (Å²) < 4.78 is 5.50. The Morgan fingerprint density at radius 2 is 1.96 bits per heavy atom. The summed E-state index contributed by atoms with van der Waals surface area (Å²) in [6, 6.07) is 9.29. The van der Waals surface area contributed by atoms with Crippen LogP contribution >= 0.6 is 11.3 Å². The number of nitrogen functional groups attached to an aromatic ring is 1. The van der Waals surface area contributed by atoms with Gasteiger partial charge in [-0.25, -0.2) is 0 Å². The number of hydrogen-bond donors (Lipinski definition) is 3. The Morgan fingerprint density at radius 1 is 1.28 bits per heavy atom. The quantitative estimate of drug-likeness (QED) is 0.781. The van der Waals surface area contributed by atoms with Crippen LogP contribution in [0.5, 0.6) is 5.75 Å². The van der Waals surface area contributed by atoms with E-state index in [1.54, 1.807) is 11.3 Å². The van der Waals surface area contributed by atoms with E-state index in [9.17, 15) is 4.79 Å². The summed E-state index contributed by atoms with van der Waals surface area (Å²) in [5.41, 5.74) is 7.94. The lowest BCUT2D eigenvalue weighted by Gasteiger charge is -2.42. The van der Waals surface area contributed by atoms with Crippen LogP contribution in [0.25, 0.3) is 0 Å². The topological polar surface area (TPSA) is 76.4 Å². The van der Waals surface area contributed by atoms with Crippen LogP contribution in [-0.2, 0) is 16.8 Å². The van der Waals surface area contributed by atoms with Gasteiger partial charge in [-0.2, -0.15) is 0 Å². The van der Waals surface area contributed by atoms with E-state index >= 15 is 0 Å². The molecule has 0 aliphatic carbocycles. The van der Waals surface area contributed by atoms with Crippen molar-refractivity contribution in [2.24, 2.45) is 0 Å². The second kappa shape index (κ2) is 6.35. The molecular formula is C19H25N3O2S. The largest absolute Gasteiger partial charge is 0.484 e. The number of anilines is 2. The van der Waals surface area contributed by atoms with Crippen LogP contribution in [0, 0.1) is 0 Å². The highest BCUT2D eigenvalue weighted by Gasteiger charge is 2.40. The minimum atomic E-state index is -0.209. The van der Waals surface area contributed by atoms with Gasteiger partial charge in [0.1, 0.15) is 10.8 Å². The molecule has 2 heterocycles. The molecule has 6 heteroatoms. The molecule has 0 unspecified atom stereocenters. The molecule has 0 saturated heterocycles. The maximum atomic E-state index is 12.2. The molecule has 0 bridgehead atoms. The van der Waals surface area contributed by atoms with Gasteiger partial charge in [-0.3, -0.25) is 4.79 Å². The van der Waals surface area contributed by atoms with Gasteiger partial charge < -0.3 is 21.1 Å². The molecular weight excluding hydrogens is 334 g/mol. The van der Waals surface area contributed by atoms with Crippen molar-refractivity contribution in [3.8, 4) is 5.75 Å². The number of para-hydroxylation sites is 1. The number of nitrogens with one attached hydrogen (secondary N) is 2. The Morgan fingerprint density at radius 3 is 2.64 bits per heavy atom. The van der Waals surface area contributed by atoms with Crippen LogP contribution in [0.15, 0.2) is 30.3 Å². The monoisotopic (exact) mass is 359 g/mol. The fourth-order valence-corrected chi connectivity index (χ4v) is 4.68. The Labute approximate surface area is 152 Å². The molecule has 1 aromatic heterocycles. The second-order valence-corrected chi connectivity index (χ2v) is 8.63. The van der Waals surface area contributed by atoms with E-state index in [4.69, 9.17) is 10.5 Å². The molecule has 2 aromatic rings. The number of nitrogens with two attached hydrogens (primary N) is 1. The molecule has 0 saturated carbocycles. The van der Waals surface area contributed by atoms with Crippen molar-refractivity contribution in [3.63, 3.8) is 0 Å². The van der Waals surface area contributed by atoms with Crippen molar-refractivity contribution in [1.29, 1.82) is 0 Å². The first-order valence-corrected chi connectivity index (χ1v) is 9.18. The van der Waals surface area contributed by atoms with Crippen LogP contribution < -0.4 is 21.1 Å². The smallest absolute Gasteiger partial charge is 0.262 e. The van der Waals surface area contributed by atoms with E-state index in [1.807, 2.05) is 30.3 Å². The Balaban J connectivity index is 1.74. The standard InChI is InChI=1S/C19H25N3O2S/c1-18(2)10-13-15(20)17(25-16(13)19(3,4)22-18)21-14(23)11-24-12-8-6-5-7-9-12/h5-9,22H,10-11,20H2,1-4H3,(H,21,23). The van der Waals surface area contributed by atoms with E-state index in [2.05, 4.69) is 38.3 Å². The van der Waals surface area contributed by atoms with Gasteiger partial charge in [0.15, 0.2) is 6.61 Å². The average molecular weight is 359 g/mol. The van der Waals surface area contributed by atoms with Crippen molar-refractivity contribution in [2.45, 2.75) is 45.2 Å². The maximum Gasteiger partial charge on any atom is 0.262 e. The zero-order valence-corrected chi connectivity index (χ0v) is 15.9. The molecule has 134 valence electrons. The van der Waals surface area contributed by atoms with Crippen LogP contribution in [0.1, 0.15) is 38.1 Å². The number of hydrogen-bond acceptors (Lipinski definition) is 5. The minimum absolute atomic E-state index is 0.0383. The molecule has 0 radical (unpaired) electrons. The zero-order chi connectivity index (χ0) is 18.2. The van der Waals surface area contributed by atoms with E-state index in [0.29, 0.717) is 16.4 Å². The summed E-state index contributed by atoms with van der Waals surface area (Å²) in [6.45, 7) is 8.58. The third-order valence-electron chi connectivity index (χ3n) is 4.25. The normalized spacial score (nSPS) is 17.6. The lowest BCUT2D eigenvalue weighted by molar-refractivity contribution is -0.118. The van der Waals surface area contributed by atoms with E-state index in [-0.39, 0.29) is 23.6 Å². The number of amides is 1. The van der Waals surface area contributed by atoms with Crippen LogP contribution in [-0.4, -0.2) is 18.1 Å². The van der Waals surface area contributed by atoms with Gasteiger partial charge >= 0.3 is 0 Å². The minimum Gasteiger partial charge on any atom is -0.484 e. The number of carbonyl (C=O) groups excluding carboxylic acids is 1. The Kier molecular flexibility index (Phi) is 4.51. The van der Waals surface area contributed by atoms with Gasteiger partial charge in [-0.05, 0) is 51.8 Å². The summed E-state index contributed by atoms with van der Waals surface area (Å²) in [5.74, 6) is 0.461. The zero-order valence-electron chi connectivity index (χ0n) is 15.1. The molecule has 1 aromatic carbocycles. The SMILES string of the molecule is CC1(C)Cc2c(sc(NC(=O)COc3ccccc3)c2N)C(C)(C)N1. The van der Waals surface area contributed by atoms with Crippen molar-refractivity contribution >= 4 is 27.9 Å². The number of carbonyl (C=O) groups is 1. The van der Waals surface area contributed by atoms with Crippen molar-refractivity contribution in [2.75, 3.05) is 17.7 Å². The van der Waals surface area contributed by atoms with Crippen LogP contribution in [0.4, 0.5) is 10.7 Å². The van der Waals surface area contributed by atoms with E-state index < -0.39 is 0 Å². The van der Waals surface area contributed by atoms with Crippen LogP contribution in [0.2, 0.25) is 0 Å². The van der Waals surface area contributed by atoms with Crippen molar-refractivity contribution < 1.29 is 9.53 Å². The van der Waals surface area contributed by atoms with Gasteiger partial charge in [-0.1, -0.05) is 18.2 Å². The predicted molar refractivity (Wildman–Crippen MR) is 103 cm³/mol. The molecule has 5 nitrogen and oxygen atoms in total. The van der Waals surface area contributed by atoms with Gasteiger partial charge in [0, 0.05) is 16.0 Å². The van der Waals surface area contributed by atoms with Gasteiger partial charge in [0.25, 0.3) is 5.91 Å². The molecule has 3 rings (SSSR count). The lowest BCUT2D eigenvalue weighted by atomic mass is 9.82. The molecule has 0 atom stereocenters. The molecule has 4 N–H and O–H groups in total. The summed E-state index contributed by atoms with van der Waals surface area (Å²) >= 11 is 1.54. The first kappa shape index (κ1) is 17.8. The third-order valence-corrected chi connectivity index (χ3v) is 5.74. The molecule has 0 spiro atoms. The first-order chi connectivity index (χ1) is 11.7. The summed E-state index contributed by atoms with van der Waals surface area (Å²) in [4.78, 5) is 13.4. The molecule has 0 fully saturated rings. The molecule has 25 heavy (non-hydrogen) atoms. The highest BCUT2D eigenvalue weighted by Crippen LogP contribution is 2.46. The predicted octanol–water partition coefficient (Wildman–Crippen LogP) is 3.51. The number of rotatable bonds is 4. The van der Waals surface area contributed by atoms with Crippen LogP contribution in [0.3, 0.4) is 0 Å². The molecule has 1 aliphatic rings. The third kappa shape index (κ3) is 3.80. The summed E-state index contributed by atoms with van der Waals surface area (Å²) in [5, 5.41) is 7.26. The molecule has 1 amide bonds. The number of thiophene rings is 1. The van der Waals surface area contributed by atoms with E-state index in [1.165, 1.54) is 4.88 Å². The highest BCUT2D eigenvalue weighted by molar-refractivity contribution is 7.17. The first-order valence-electron chi connectivity index (χ1n) is 8.37.